The van der Waals surface area contributed by atoms with E-state index in [9.17, 15) is 4.79 Å². The standard InChI is InChI=1S/C16H22N4O3/c1-19(2)16(21)13-8-7-12(22-13)9-20(3)10-14-17-15(23-18-14)11-5-4-6-11/h7-8,11H,4-6,9-10H2,1-3H3. The molecule has 2 aromatic rings. The molecule has 2 aromatic heterocycles. The number of hydrogen-bond acceptors (Lipinski definition) is 6. The van der Waals surface area contributed by atoms with E-state index in [0.717, 1.165) is 24.5 Å². The lowest BCUT2D eigenvalue weighted by atomic mass is 9.85. The number of furan rings is 1. The van der Waals surface area contributed by atoms with Crippen LogP contribution in [0.15, 0.2) is 21.1 Å². The third-order valence-corrected chi connectivity index (χ3v) is 4.05. The molecule has 23 heavy (non-hydrogen) atoms. The van der Waals surface area contributed by atoms with Crippen molar-refractivity contribution in [2.24, 2.45) is 0 Å². The number of amides is 1. The lowest BCUT2D eigenvalue weighted by Crippen LogP contribution is -2.21. The van der Waals surface area contributed by atoms with Crippen molar-refractivity contribution in [3.05, 3.63) is 35.4 Å². The van der Waals surface area contributed by atoms with Crippen LogP contribution in [-0.2, 0) is 13.1 Å². The molecule has 124 valence electrons. The zero-order chi connectivity index (χ0) is 16.4. The second-order valence-corrected chi connectivity index (χ2v) is 6.31. The van der Waals surface area contributed by atoms with Crippen LogP contribution >= 0.6 is 0 Å². The molecule has 0 aliphatic heterocycles. The average molecular weight is 318 g/mol. The molecule has 0 saturated heterocycles. The molecule has 2 heterocycles. The summed E-state index contributed by atoms with van der Waals surface area (Å²) >= 11 is 0. The quantitative estimate of drug-likeness (QED) is 0.813. The van der Waals surface area contributed by atoms with Gasteiger partial charge in [-0.3, -0.25) is 9.69 Å². The minimum Gasteiger partial charge on any atom is -0.455 e. The number of nitrogens with zero attached hydrogens (tertiary/aromatic N) is 4. The van der Waals surface area contributed by atoms with Crippen LogP contribution in [0.5, 0.6) is 0 Å². The number of aromatic nitrogens is 2. The molecule has 1 saturated carbocycles. The summed E-state index contributed by atoms with van der Waals surface area (Å²) in [5, 5.41) is 4.04. The third-order valence-electron chi connectivity index (χ3n) is 4.05. The van der Waals surface area contributed by atoms with Crippen LogP contribution in [0.1, 0.15) is 53.2 Å². The molecule has 0 N–H and O–H groups in total. The lowest BCUT2D eigenvalue weighted by molar-refractivity contribution is 0.0793. The molecule has 7 heteroatoms. The molecule has 0 atom stereocenters. The molecule has 3 rings (SSSR count). The van der Waals surface area contributed by atoms with Crippen LogP contribution in [-0.4, -0.2) is 47.0 Å². The molecule has 0 spiro atoms. The maximum absolute atomic E-state index is 11.8. The molecular formula is C16H22N4O3. The van der Waals surface area contributed by atoms with Crippen molar-refractivity contribution in [2.45, 2.75) is 38.3 Å². The monoisotopic (exact) mass is 318 g/mol. The van der Waals surface area contributed by atoms with Crippen molar-refractivity contribution >= 4 is 5.91 Å². The van der Waals surface area contributed by atoms with Gasteiger partial charge in [-0.15, -0.1) is 0 Å². The average Bonchev–Trinajstić information content (AvgIpc) is 3.06. The summed E-state index contributed by atoms with van der Waals surface area (Å²) in [5.74, 6) is 2.85. The van der Waals surface area contributed by atoms with Gasteiger partial charge in [0, 0.05) is 20.0 Å². The van der Waals surface area contributed by atoms with Gasteiger partial charge in [-0.05, 0) is 32.0 Å². The van der Waals surface area contributed by atoms with E-state index in [2.05, 4.69) is 10.1 Å². The summed E-state index contributed by atoms with van der Waals surface area (Å²) < 4.78 is 10.9. The minimum absolute atomic E-state index is 0.137. The minimum atomic E-state index is -0.137. The van der Waals surface area contributed by atoms with Crippen molar-refractivity contribution in [1.29, 1.82) is 0 Å². The van der Waals surface area contributed by atoms with Crippen LogP contribution < -0.4 is 0 Å². The van der Waals surface area contributed by atoms with Crippen LogP contribution in [0.4, 0.5) is 0 Å². The molecule has 7 nitrogen and oxygen atoms in total. The Labute approximate surface area is 135 Å². The fourth-order valence-corrected chi connectivity index (χ4v) is 2.51. The molecule has 0 bridgehead atoms. The van der Waals surface area contributed by atoms with E-state index in [-0.39, 0.29) is 5.91 Å². The largest absolute Gasteiger partial charge is 0.455 e. The Kier molecular flexibility index (Phi) is 4.47. The molecule has 0 aromatic carbocycles. The van der Waals surface area contributed by atoms with E-state index < -0.39 is 0 Å². The van der Waals surface area contributed by atoms with E-state index >= 15 is 0 Å². The zero-order valence-corrected chi connectivity index (χ0v) is 13.8. The second-order valence-electron chi connectivity index (χ2n) is 6.31. The van der Waals surface area contributed by atoms with Gasteiger partial charge in [-0.2, -0.15) is 4.98 Å². The van der Waals surface area contributed by atoms with Crippen molar-refractivity contribution in [1.82, 2.24) is 19.9 Å². The maximum Gasteiger partial charge on any atom is 0.289 e. The number of rotatable bonds is 6. The molecule has 0 unspecified atom stereocenters. The second kappa shape index (κ2) is 6.54. The number of carbonyl (C=O) groups is 1. The van der Waals surface area contributed by atoms with Gasteiger partial charge in [-0.1, -0.05) is 11.6 Å². The Morgan fingerprint density at radius 3 is 2.70 bits per heavy atom. The summed E-state index contributed by atoms with van der Waals surface area (Å²) in [6.45, 7) is 1.15. The Morgan fingerprint density at radius 1 is 1.26 bits per heavy atom. The van der Waals surface area contributed by atoms with Gasteiger partial charge in [0.25, 0.3) is 5.91 Å². The third kappa shape index (κ3) is 3.61. The Morgan fingerprint density at radius 2 is 2.04 bits per heavy atom. The summed E-state index contributed by atoms with van der Waals surface area (Å²) in [5.41, 5.74) is 0. The van der Waals surface area contributed by atoms with E-state index in [1.807, 2.05) is 18.0 Å². The van der Waals surface area contributed by atoms with Crippen molar-refractivity contribution in [3.8, 4) is 0 Å². The predicted octanol–water partition coefficient (Wildman–Crippen LogP) is 2.26. The summed E-state index contributed by atoms with van der Waals surface area (Å²) in [4.78, 5) is 19.8. The highest BCUT2D eigenvalue weighted by molar-refractivity contribution is 5.91. The molecule has 1 amide bonds. The van der Waals surface area contributed by atoms with Crippen LogP contribution in [0.3, 0.4) is 0 Å². The highest BCUT2D eigenvalue weighted by Gasteiger charge is 2.25. The van der Waals surface area contributed by atoms with Crippen molar-refractivity contribution < 1.29 is 13.7 Å². The maximum atomic E-state index is 11.8. The predicted molar refractivity (Wildman–Crippen MR) is 82.8 cm³/mol. The van der Waals surface area contributed by atoms with E-state index in [0.29, 0.717) is 30.6 Å². The Balaban J connectivity index is 1.55. The Bertz CT molecular complexity index is 672. The highest BCUT2D eigenvalue weighted by Crippen LogP contribution is 2.35. The molecular weight excluding hydrogens is 296 g/mol. The first-order valence-corrected chi connectivity index (χ1v) is 7.84. The smallest absolute Gasteiger partial charge is 0.289 e. The van der Waals surface area contributed by atoms with Crippen molar-refractivity contribution in [2.75, 3.05) is 21.1 Å². The van der Waals surface area contributed by atoms with E-state index in [4.69, 9.17) is 8.94 Å². The topological polar surface area (TPSA) is 75.6 Å². The van der Waals surface area contributed by atoms with Gasteiger partial charge >= 0.3 is 0 Å². The molecule has 1 aliphatic rings. The first kappa shape index (κ1) is 15.7. The van der Waals surface area contributed by atoms with Gasteiger partial charge in [0.05, 0.1) is 13.1 Å². The fourth-order valence-electron chi connectivity index (χ4n) is 2.51. The van der Waals surface area contributed by atoms with Crippen LogP contribution in [0.2, 0.25) is 0 Å². The van der Waals surface area contributed by atoms with Gasteiger partial charge in [0.2, 0.25) is 5.89 Å². The number of carbonyl (C=O) groups excluding carboxylic acids is 1. The van der Waals surface area contributed by atoms with Gasteiger partial charge in [0.15, 0.2) is 11.6 Å². The fraction of sp³-hybridized carbons (Fsp3) is 0.562. The van der Waals surface area contributed by atoms with Gasteiger partial charge in [0.1, 0.15) is 5.76 Å². The SMILES string of the molecule is CN(Cc1noc(C2CCC2)n1)Cc1ccc(C(=O)N(C)C)o1. The highest BCUT2D eigenvalue weighted by atomic mass is 16.5. The Hall–Kier alpha value is -2.15. The van der Waals surface area contributed by atoms with Gasteiger partial charge < -0.3 is 13.8 Å². The van der Waals surface area contributed by atoms with Crippen LogP contribution in [0.25, 0.3) is 0 Å². The summed E-state index contributed by atoms with van der Waals surface area (Å²) in [7, 11) is 5.36. The lowest BCUT2D eigenvalue weighted by Gasteiger charge is -2.20. The zero-order valence-electron chi connectivity index (χ0n) is 13.8. The molecule has 1 fully saturated rings. The molecule has 0 radical (unpaired) electrons. The normalized spacial score (nSPS) is 15.0. The first-order chi connectivity index (χ1) is 11.0. The molecule has 1 aliphatic carbocycles. The first-order valence-electron chi connectivity index (χ1n) is 7.84. The van der Waals surface area contributed by atoms with Gasteiger partial charge in [-0.25, -0.2) is 0 Å². The summed E-state index contributed by atoms with van der Waals surface area (Å²) in [6.07, 6.45) is 3.54. The van der Waals surface area contributed by atoms with Crippen molar-refractivity contribution in [3.63, 3.8) is 0 Å². The van der Waals surface area contributed by atoms with E-state index in [1.165, 1.54) is 11.3 Å². The van der Waals surface area contributed by atoms with E-state index in [1.54, 1.807) is 20.2 Å². The number of hydrogen-bond donors (Lipinski definition) is 0. The van der Waals surface area contributed by atoms with Crippen LogP contribution in [0, 0.1) is 0 Å². The summed E-state index contributed by atoms with van der Waals surface area (Å²) in [6, 6.07) is 3.53.